The van der Waals surface area contributed by atoms with Crippen molar-refractivity contribution in [2.45, 2.75) is 13.8 Å². The molecule has 0 saturated carbocycles. The highest BCUT2D eigenvalue weighted by Gasteiger charge is 2.17. The van der Waals surface area contributed by atoms with E-state index < -0.39 is 0 Å². The molecule has 2 amide bonds. The number of hydrogen-bond acceptors (Lipinski definition) is 4. The Balaban J connectivity index is 1.67. The number of aromatic nitrogens is 1. The van der Waals surface area contributed by atoms with Crippen LogP contribution in [0.2, 0.25) is 5.15 Å². The van der Waals surface area contributed by atoms with Crippen LogP contribution < -0.4 is 10.6 Å². The minimum Gasteiger partial charge on any atom is -0.338 e. The number of carbonyl (C=O) groups is 1. The second kappa shape index (κ2) is 9.05. The lowest BCUT2D eigenvalue weighted by Gasteiger charge is -2.35. The number of piperazine rings is 1. The minimum absolute atomic E-state index is 0.248. The van der Waals surface area contributed by atoms with Crippen LogP contribution in [-0.2, 0) is 0 Å². The van der Waals surface area contributed by atoms with E-state index in [0.717, 1.165) is 39.3 Å². The predicted molar refractivity (Wildman–Crippen MR) is 94.0 cm³/mol. The maximum atomic E-state index is 11.9. The molecule has 0 spiro atoms. The summed E-state index contributed by atoms with van der Waals surface area (Å²) >= 11 is 5.92. The van der Waals surface area contributed by atoms with Crippen LogP contribution in [0.3, 0.4) is 0 Å². The number of nitrogens with zero attached hydrogens (tertiary/aromatic N) is 3. The third-order valence-corrected chi connectivity index (χ3v) is 4.40. The molecule has 0 aliphatic carbocycles. The van der Waals surface area contributed by atoms with E-state index in [1.54, 1.807) is 18.3 Å². The monoisotopic (exact) mass is 339 g/mol. The summed E-state index contributed by atoms with van der Waals surface area (Å²) in [6, 6.07) is 3.22. The fourth-order valence-corrected chi connectivity index (χ4v) is 2.87. The summed E-state index contributed by atoms with van der Waals surface area (Å²) in [7, 11) is 0. The smallest absolute Gasteiger partial charge is 0.319 e. The summed E-state index contributed by atoms with van der Waals surface area (Å²) in [6.07, 6.45) is 1.59. The summed E-state index contributed by atoms with van der Waals surface area (Å²) < 4.78 is 0. The molecule has 2 heterocycles. The van der Waals surface area contributed by atoms with Gasteiger partial charge in [-0.3, -0.25) is 0 Å². The van der Waals surface area contributed by atoms with Crippen LogP contribution >= 0.6 is 11.6 Å². The lowest BCUT2D eigenvalue weighted by molar-refractivity contribution is 0.124. The second-order valence-corrected chi connectivity index (χ2v) is 6.37. The van der Waals surface area contributed by atoms with Gasteiger partial charge < -0.3 is 20.4 Å². The molecule has 0 bridgehead atoms. The molecule has 7 heteroatoms. The maximum Gasteiger partial charge on any atom is 0.319 e. The Morgan fingerprint density at radius 3 is 2.70 bits per heavy atom. The third kappa shape index (κ3) is 5.97. The first-order chi connectivity index (χ1) is 11.1. The van der Waals surface area contributed by atoms with Gasteiger partial charge in [-0.25, -0.2) is 9.78 Å². The van der Waals surface area contributed by atoms with Crippen LogP contribution in [0.4, 0.5) is 10.5 Å². The summed E-state index contributed by atoms with van der Waals surface area (Å²) in [6.45, 7) is 11.6. The molecule has 2 N–H and O–H groups in total. The Bertz CT molecular complexity index is 505. The Morgan fingerprint density at radius 2 is 2.04 bits per heavy atom. The lowest BCUT2D eigenvalue weighted by Crippen LogP contribution is -2.48. The van der Waals surface area contributed by atoms with E-state index in [0.29, 0.717) is 23.3 Å². The van der Waals surface area contributed by atoms with Gasteiger partial charge in [0.2, 0.25) is 0 Å². The average molecular weight is 340 g/mol. The molecule has 1 atom stereocenters. The van der Waals surface area contributed by atoms with Crippen LogP contribution in [0.1, 0.15) is 13.8 Å². The van der Waals surface area contributed by atoms with Crippen LogP contribution in [0, 0.1) is 5.92 Å². The van der Waals surface area contributed by atoms with Gasteiger partial charge in [0, 0.05) is 45.5 Å². The van der Waals surface area contributed by atoms with Gasteiger partial charge in [-0.1, -0.05) is 25.4 Å². The molecule has 128 valence electrons. The van der Waals surface area contributed by atoms with Crippen LogP contribution in [0.15, 0.2) is 18.3 Å². The van der Waals surface area contributed by atoms with E-state index in [9.17, 15) is 4.79 Å². The number of rotatable bonds is 6. The van der Waals surface area contributed by atoms with E-state index in [-0.39, 0.29) is 6.03 Å². The van der Waals surface area contributed by atoms with Crippen molar-refractivity contribution in [3.8, 4) is 0 Å². The van der Waals surface area contributed by atoms with Crippen LogP contribution in [0.5, 0.6) is 0 Å². The molecule has 0 aromatic carbocycles. The van der Waals surface area contributed by atoms with Crippen molar-refractivity contribution in [3.05, 3.63) is 23.5 Å². The molecule has 6 nitrogen and oxygen atoms in total. The van der Waals surface area contributed by atoms with Gasteiger partial charge in [-0.15, -0.1) is 0 Å². The van der Waals surface area contributed by atoms with E-state index in [2.05, 4.69) is 39.3 Å². The van der Waals surface area contributed by atoms with Crippen molar-refractivity contribution >= 4 is 23.3 Å². The number of halogens is 1. The largest absolute Gasteiger partial charge is 0.338 e. The number of amides is 2. The average Bonchev–Trinajstić information content (AvgIpc) is 2.56. The number of hydrogen-bond donors (Lipinski definition) is 2. The Kier molecular flexibility index (Phi) is 7.08. The minimum atomic E-state index is -0.248. The van der Waals surface area contributed by atoms with Crippen molar-refractivity contribution in [2.75, 3.05) is 51.1 Å². The highest BCUT2D eigenvalue weighted by Crippen LogP contribution is 2.17. The molecule has 1 aliphatic rings. The van der Waals surface area contributed by atoms with E-state index >= 15 is 0 Å². The zero-order valence-corrected chi connectivity index (χ0v) is 14.6. The highest BCUT2D eigenvalue weighted by molar-refractivity contribution is 6.32. The van der Waals surface area contributed by atoms with Gasteiger partial charge in [-0.05, 0) is 24.6 Å². The Hall–Kier alpha value is -1.37. The highest BCUT2D eigenvalue weighted by atomic mass is 35.5. The zero-order chi connectivity index (χ0) is 16.7. The molecular weight excluding hydrogens is 314 g/mol. The van der Waals surface area contributed by atoms with E-state index in [4.69, 9.17) is 11.6 Å². The van der Waals surface area contributed by atoms with E-state index in [1.165, 1.54) is 0 Å². The molecule has 1 aromatic heterocycles. The summed E-state index contributed by atoms with van der Waals surface area (Å²) in [5.74, 6) is 0.401. The molecule has 0 radical (unpaired) electrons. The SMILES string of the molecule is CCN1CCN(CC(C)CNC(=O)Nc2cccnc2Cl)CC1. The van der Waals surface area contributed by atoms with Gasteiger partial charge in [0.15, 0.2) is 5.15 Å². The Morgan fingerprint density at radius 1 is 1.35 bits per heavy atom. The number of anilines is 1. The molecule has 1 unspecified atom stereocenters. The fourth-order valence-electron chi connectivity index (χ4n) is 2.71. The summed E-state index contributed by atoms with van der Waals surface area (Å²) in [4.78, 5) is 20.8. The van der Waals surface area contributed by atoms with Crippen molar-refractivity contribution in [1.29, 1.82) is 0 Å². The van der Waals surface area contributed by atoms with Gasteiger partial charge in [-0.2, -0.15) is 0 Å². The predicted octanol–water partition coefficient (Wildman–Crippen LogP) is 2.13. The maximum absolute atomic E-state index is 11.9. The van der Waals surface area contributed by atoms with Crippen LogP contribution in [-0.4, -0.2) is 66.6 Å². The van der Waals surface area contributed by atoms with Gasteiger partial charge >= 0.3 is 6.03 Å². The molecule has 1 fully saturated rings. The standard InChI is InChI=1S/C16H26ClN5O/c1-3-21-7-9-22(10-8-21)12-13(2)11-19-16(23)20-14-5-4-6-18-15(14)17/h4-6,13H,3,7-12H2,1-2H3,(H2,19,20,23). The first-order valence-electron chi connectivity index (χ1n) is 8.18. The summed E-state index contributed by atoms with van der Waals surface area (Å²) in [5, 5.41) is 5.91. The molecule has 23 heavy (non-hydrogen) atoms. The number of likely N-dealkylation sites (N-methyl/N-ethyl adjacent to an activating group) is 1. The van der Waals surface area contributed by atoms with Crippen molar-refractivity contribution < 1.29 is 4.79 Å². The fraction of sp³-hybridized carbons (Fsp3) is 0.625. The second-order valence-electron chi connectivity index (χ2n) is 6.02. The topological polar surface area (TPSA) is 60.5 Å². The molecule has 1 aromatic rings. The van der Waals surface area contributed by atoms with Crippen LogP contribution in [0.25, 0.3) is 0 Å². The molecular formula is C16H26ClN5O. The number of urea groups is 1. The van der Waals surface area contributed by atoms with Crippen molar-refractivity contribution in [3.63, 3.8) is 0 Å². The molecule has 2 rings (SSSR count). The number of pyridine rings is 1. The number of carbonyl (C=O) groups excluding carboxylic acids is 1. The first-order valence-corrected chi connectivity index (χ1v) is 8.56. The van der Waals surface area contributed by atoms with Gasteiger partial charge in [0.1, 0.15) is 0 Å². The Labute approximate surface area is 143 Å². The normalized spacial score (nSPS) is 17.7. The van der Waals surface area contributed by atoms with E-state index in [1.807, 2.05) is 0 Å². The quantitative estimate of drug-likeness (QED) is 0.779. The van der Waals surface area contributed by atoms with Gasteiger partial charge in [0.25, 0.3) is 0 Å². The first kappa shape index (κ1) is 18.0. The number of nitrogens with one attached hydrogen (secondary N) is 2. The zero-order valence-electron chi connectivity index (χ0n) is 13.9. The molecule has 1 aliphatic heterocycles. The third-order valence-electron chi connectivity index (χ3n) is 4.10. The van der Waals surface area contributed by atoms with Gasteiger partial charge in [0.05, 0.1) is 5.69 Å². The lowest BCUT2D eigenvalue weighted by atomic mass is 10.1. The van der Waals surface area contributed by atoms with Crippen molar-refractivity contribution in [1.82, 2.24) is 20.1 Å². The van der Waals surface area contributed by atoms with Crippen molar-refractivity contribution in [2.24, 2.45) is 5.92 Å². The summed E-state index contributed by atoms with van der Waals surface area (Å²) in [5.41, 5.74) is 0.523. The molecule has 1 saturated heterocycles.